The number of carbonyl (C=O) groups is 1. The Labute approximate surface area is 150 Å². The first-order valence-corrected chi connectivity index (χ1v) is 9.00. The summed E-state index contributed by atoms with van der Waals surface area (Å²) in [4.78, 5) is 12.2. The maximum Gasteiger partial charge on any atom is 0.495 e. The van der Waals surface area contributed by atoms with Crippen LogP contribution in [0.4, 0.5) is 0 Å². The van der Waals surface area contributed by atoms with Crippen LogP contribution in [0.3, 0.4) is 0 Å². The molecule has 1 atom stereocenters. The van der Waals surface area contributed by atoms with Crippen LogP contribution in [0, 0.1) is 6.92 Å². The predicted molar refractivity (Wildman–Crippen MR) is 98.0 cm³/mol. The summed E-state index contributed by atoms with van der Waals surface area (Å²) in [7, 11) is -0.372. The standard InChI is InChI=1S/C19H28BNO4/c1-13-10-14(11-17(22)21-15-8-9-23-12-15)6-7-16(13)20-24-18(2,3)19(4,5)25-20/h6-7,10,15H,8-9,11-12H2,1-5H3,(H,21,22). The molecule has 0 saturated carbocycles. The lowest BCUT2D eigenvalue weighted by Crippen LogP contribution is -2.41. The number of hydrogen-bond acceptors (Lipinski definition) is 4. The van der Waals surface area contributed by atoms with Crippen LogP contribution in [0.2, 0.25) is 0 Å². The van der Waals surface area contributed by atoms with Gasteiger partial charge in [0, 0.05) is 6.61 Å². The average molecular weight is 345 g/mol. The van der Waals surface area contributed by atoms with E-state index in [1.807, 2.05) is 52.8 Å². The molecule has 2 aliphatic heterocycles. The van der Waals surface area contributed by atoms with Crippen molar-refractivity contribution in [3.63, 3.8) is 0 Å². The fraction of sp³-hybridized carbons (Fsp3) is 0.632. The Morgan fingerprint density at radius 3 is 2.48 bits per heavy atom. The van der Waals surface area contributed by atoms with Crippen LogP contribution in [-0.4, -0.2) is 43.5 Å². The van der Waals surface area contributed by atoms with E-state index in [1.165, 1.54) is 0 Å². The van der Waals surface area contributed by atoms with E-state index >= 15 is 0 Å². The van der Waals surface area contributed by atoms with Crippen LogP contribution in [-0.2, 0) is 25.3 Å². The zero-order chi connectivity index (χ0) is 18.2. The van der Waals surface area contributed by atoms with E-state index in [-0.39, 0.29) is 30.3 Å². The van der Waals surface area contributed by atoms with Gasteiger partial charge >= 0.3 is 7.12 Å². The molecule has 136 valence electrons. The highest BCUT2D eigenvalue weighted by molar-refractivity contribution is 6.62. The first-order valence-electron chi connectivity index (χ1n) is 9.00. The molecule has 0 radical (unpaired) electrons. The summed E-state index contributed by atoms with van der Waals surface area (Å²) in [6, 6.07) is 6.19. The lowest BCUT2D eigenvalue weighted by atomic mass is 9.75. The maximum atomic E-state index is 12.2. The first-order chi connectivity index (χ1) is 11.7. The van der Waals surface area contributed by atoms with Crippen molar-refractivity contribution in [3.8, 4) is 0 Å². The number of hydrogen-bond donors (Lipinski definition) is 1. The molecule has 3 rings (SSSR count). The molecule has 2 heterocycles. The molecular formula is C19H28BNO4. The maximum absolute atomic E-state index is 12.2. The van der Waals surface area contributed by atoms with Gasteiger partial charge in [-0.15, -0.1) is 0 Å². The van der Waals surface area contributed by atoms with Gasteiger partial charge in [-0.1, -0.05) is 23.8 Å². The Bertz CT molecular complexity index is 637. The molecule has 2 fully saturated rings. The first kappa shape index (κ1) is 18.4. The largest absolute Gasteiger partial charge is 0.495 e. The van der Waals surface area contributed by atoms with E-state index in [2.05, 4.69) is 5.32 Å². The van der Waals surface area contributed by atoms with Gasteiger partial charge in [-0.3, -0.25) is 4.79 Å². The van der Waals surface area contributed by atoms with Crippen LogP contribution in [0.5, 0.6) is 0 Å². The normalized spacial score (nSPS) is 24.5. The summed E-state index contributed by atoms with van der Waals surface area (Å²) in [6.45, 7) is 11.6. The van der Waals surface area contributed by atoms with Gasteiger partial charge in [-0.05, 0) is 52.1 Å². The smallest absolute Gasteiger partial charge is 0.399 e. The number of ether oxygens (including phenoxy) is 1. The number of rotatable bonds is 4. The number of amides is 1. The van der Waals surface area contributed by atoms with E-state index in [1.54, 1.807) is 0 Å². The molecular weight excluding hydrogens is 317 g/mol. The predicted octanol–water partition coefficient (Wildman–Crippen LogP) is 1.74. The molecule has 1 amide bonds. The van der Waals surface area contributed by atoms with Gasteiger partial charge in [-0.2, -0.15) is 0 Å². The molecule has 1 unspecified atom stereocenters. The van der Waals surface area contributed by atoms with Crippen LogP contribution < -0.4 is 10.8 Å². The molecule has 0 aromatic heterocycles. The second-order valence-electron chi connectivity index (χ2n) is 8.08. The average Bonchev–Trinajstić information content (AvgIpc) is 3.05. The second kappa shape index (κ2) is 6.74. The Hall–Kier alpha value is -1.37. The zero-order valence-electron chi connectivity index (χ0n) is 15.8. The summed E-state index contributed by atoms with van der Waals surface area (Å²) in [5.41, 5.74) is 2.38. The molecule has 1 aromatic rings. The van der Waals surface area contributed by atoms with Gasteiger partial charge in [-0.25, -0.2) is 0 Å². The van der Waals surface area contributed by atoms with Crippen LogP contribution in [0.25, 0.3) is 0 Å². The van der Waals surface area contributed by atoms with Crippen LogP contribution in [0.15, 0.2) is 18.2 Å². The lowest BCUT2D eigenvalue weighted by Gasteiger charge is -2.32. The van der Waals surface area contributed by atoms with Gasteiger partial charge in [0.05, 0.1) is 30.3 Å². The fourth-order valence-corrected chi connectivity index (χ4v) is 3.19. The monoisotopic (exact) mass is 345 g/mol. The molecule has 6 heteroatoms. The fourth-order valence-electron chi connectivity index (χ4n) is 3.19. The lowest BCUT2D eigenvalue weighted by molar-refractivity contribution is -0.121. The van der Waals surface area contributed by atoms with E-state index in [0.717, 1.165) is 29.6 Å². The third-order valence-electron chi connectivity index (χ3n) is 5.50. The molecule has 2 saturated heterocycles. The van der Waals surface area contributed by atoms with Gasteiger partial charge in [0.1, 0.15) is 0 Å². The molecule has 0 spiro atoms. The summed E-state index contributed by atoms with van der Waals surface area (Å²) in [6.07, 6.45) is 1.27. The van der Waals surface area contributed by atoms with E-state index in [0.29, 0.717) is 13.0 Å². The SMILES string of the molecule is Cc1cc(CC(=O)NC2CCOC2)ccc1B1OC(C)(C)C(C)(C)O1. The van der Waals surface area contributed by atoms with Crippen LogP contribution >= 0.6 is 0 Å². The molecule has 1 N–H and O–H groups in total. The molecule has 0 aliphatic carbocycles. The van der Waals surface area contributed by atoms with Crippen molar-refractivity contribution < 1.29 is 18.8 Å². The van der Waals surface area contributed by atoms with Crippen molar-refractivity contribution >= 4 is 18.5 Å². The number of carbonyl (C=O) groups excluding carboxylic acids is 1. The molecule has 2 aliphatic rings. The molecule has 5 nitrogen and oxygen atoms in total. The van der Waals surface area contributed by atoms with Gasteiger partial charge in [0.2, 0.25) is 5.91 Å². The Morgan fingerprint density at radius 1 is 1.24 bits per heavy atom. The summed E-state index contributed by atoms with van der Waals surface area (Å²) < 4.78 is 17.5. The molecule has 1 aromatic carbocycles. The topological polar surface area (TPSA) is 56.8 Å². The Kier molecular flexibility index (Phi) is 4.97. The van der Waals surface area contributed by atoms with E-state index < -0.39 is 0 Å². The van der Waals surface area contributed by atoms with Crippen molar-refractivity contribution in [2.45, 2.75) is 64.7 Å². The number of nitrogens with one attached hydrogen (secondary N) is 1. The van der Waals surface area contributed by atoms with Crippen LogP contribution in [0.1, 0.15) is 45.2 Å². The minimum Gasteiger partial charge on any atom is -0.399 e. The van der Waals surface area contributed by atoms with Crippen molar-refractivity contribution in [2.75, 3.05) is 13.2 Å². The summed E-state index contributed by atoms with van der Waals surface area (Å²) in [5, 5.41) is 3.02. The van der Waals surface area contributed by atoms with Crippen molar-refractivity contribution in [2.24, 2.45) is 0 Å². The third kappa shape index (κ3) is 3.91. The zero-order valence-corrected chi connectivity index (χ0v) is 15.8. The van der Waals surface area contributed by atoms with Gasteiger partial charge in [0.25, 0.3) is 0 Å². The van der Waals surface area contributed by atoms with Crippen molar-refractivity contribution in [1.82, 2.24) is 5.32 Å². The van der Waals surface area contributed by atoms with Gasteiger partial charge < -0.3 is 19.4 Å². The highest BCUT2D eigenvalue weighted by atomic mass is 16.7. The summed E-state index contributed by atoms with van der Waals surface area (Å²) >= 11 is 0. The minimum atomic E-state index is -0.372. The molecule has 25 heavy (non-hydrogen) atoms. The van der Waals surface area contributed by atoms with Crippen molar-refractivity contribution in [3.05, 3.63) is 29.3 Å². The summed E-state index contributed by atoms with van der Waals surface area (Å²) in [5.74, 6) is 0.0401. The quantitative estimate of drug-likeness (QED) is 0.845. The number of benzene rings is 1. The van der Waals surface area contributed by atoms with Gasteiger partial charge in [0.15, 0.2) is 0 Å². The number of aryl methyl sites for hydroxylation is 1. The Balaban J connectivity index is 1.66. The highest BCUT2D eigenvalue weighted by Gasteiger charge is 2.52. The minimum absolute atomic E-state index is 0.0401. The van der Waals surface area contributed by atoms with Crippen molar-refractivity contribution in [1.29, 1.82) is 0 Å². The molecule has 0 bridgehead atoms. The highest BCUT2D eigenvalue weighted by Crippen LogP contribution is 2.36. The van der Waals surface area contributed by atoms with E-state index in [4.69, 9.17) is 14.0 Å². The third-order valence-corrected chi connectivity index (χ3v) is 5.50. The van der Waals surface area contributed by atoms with E-state index in [9.17, 15) is 4.79 Å². The Morgan fingerprint density at radius 2 is 1.92 bits per heavy atom. The second-order valence-corrected chi connectivity index (χ2v) is 8.08.